The van der Waals surface area contributed by atoms with Crippen LogP contribution in [0.2, 0.25) is 0 Å². The standard InChI is InChI=1S/C24H37FN2O/c1-3-21(4-2)27-17-18(10-8-9-13-28)14-19-15-22(25)23(16-24(19)27)26-20-11-6-5-7-12-20/h14-16,20-21,26,28H,3-13,17H2,1-2H3. The monoisotopic (exact) mass is 388 g/mol. The van der Waals surface area contributed by atoms with E-state index in [1.165, 1.54) is 30.5 Å². The first kappa shape index (κ1) is 21.2. The van der Waals surface area contributed by atoms with Gasteiger partial charge in [0.15, 0.2) is 0 Å². The first-order chi connectivity index (χ1) is 13.7. The maximum atomic E-state index is 14.9. The average molecular weight is 389 g/mol. The number of nitrogens with zero attached hydrogens (tertiary/aromatic N) is 1. The van der Waals surface area contributed by atoms with E-state index in [1.54, 1.807) is 6.07 Å². The molecule has 1 aromatic carbocycles. The van der Waals surface area contributed by atoms with Crippen LogP contribution < -0.4 is 10.2 Å². The van der Waals surface area contributed by atoms with Crippen LogP contribution in [0.5, 0.6) is 0 Å². The maximum Gasteiger partial charge on any atom is 0.147 e. The van der Waals surface area contributed by atoms with Crippen LogP contribution in [0.25, 0.3) is 6.08 Å². The molecule has 0 bridgehead atoms. The number of halogens is 1. The molecule has 0 saturated heterocycles. The van der Waals surface area contributed by atoms with Gasteiger partial charge in [0, 0.05) is 36.5 Å². The molecule has 0 unspecified atom stereocenters. The Labute approximate surface area is 170 Å². The number of hydrogen-bond acceptors (Lipinski definition) is 3. The van der Waals surface area contributed by atoms with Gasteiger partial charge in [0.2, 0.25) is 0 Å². The molecular weight excluding hydrogens is 351 g/mol. The molecule has 1 aliphatic heterocycles. The van der Waals surface area contributed by atoms with E-state index in [9.17, 15) is 4.39 Å². The molecule has 4 heteroatoms. The van der Waals surface area contributed by atoms with E-state index in [-0.39, 0.29) is 12.4 Å². The largest absolute Gasteiger partial charge is 0.396 e. The number of anilines is 2. The number of fused-ring (bicyclic) bond motifs is 1. The van der Waals surface area contributed by atoms with Crippen molar-refractivity contribution in [3.8, 4) is 0 Å². The van der Waals surface area contributed by atoms with Crippen molar-refractivity contribution in [2.45, 2.75) is 90.1 Å². The van der Waals surface area contributed by atoms with Crippen LogP contribution in [-0.4, -0.2) is 30.3 Å². The number of benzene rings is 1. The number of aliphatic hydroxyl groups is 1. The van der Waals surface area contributed by atoms with Crippen LogP contribution in [0.15, 0.2) is 17.7 Å². The average Bonchev–Trinajstić information content (AvgIpc) is 2.71. The van der Waals surface area contributed by atoms with E-state index >= 15 is 0 Å². The molecule has 0 aromatic heterocycles. The van der Waals surface area contributed by atoms with Crippen LogP contribution in [-0.2, 0) is 0 Å². The third-order valence-electron chi connectivity index (χ3n) is 6.41. The molecule has 2 N–H and O–H groups in total. The normalized spacial score (nSPS) is 17.6. The SMILES string of the molecule is CCC(CC)N1CC(CCCCO)=Cc2cc(F)c(NC3CCCCC3)cc21. The van der Waals surface area contributed by atoms with Gasteiger partial charge in [-0.05, 0) is 57.1 Å². The maximum absolute atomic E-state index is 14.9. The molecule has 0 radical (unpaired) electrons. The lowest BCUT2D eigenvalue weighted by Gasteiger charge is -2.38. The molecule has 1 saturated carbocycles. The Morgan fingerprint density at radius 1 is 1.14 bits per heavy atom. The molecule has 1 fully saturated rings. The fourth-order valence-corrected chi connectivity index (χ4v) is 4.76. The van der Waals surface area contributed by atoms with Crippen LogP contribution in [0.3, 0.4) is 0 Å². The Morgan fingerprint density at radius 3 is 2.57 bits per heavy atom. The van der Waals surface area contributed by atoms with E-state index < -0.39 is 0 Å². The zero-order valence-electron chi connectivity index (χ0n) is 17.6. The Balaban J connectivity index is 1.88. The zero-order valence-corrected chi connectivity index (χ0v) is 17.6. The molecule has 1 heterocycles. The van der Waals surface area contributed by atoms with E-state index in [1.807, 2.05) is 0 Å². The van der Waals surface area contributed by atoms with Gasteiger partial charge in [-0.15, -0.1) is 0 Å². The smallest absolute Gasteiger partial charge is 0.147 e. The second-order valence-electron chi connectivity index (χ2n) is 8.45. The number of hydrogen-bond donors (Lipinski definition) is 2. The summed E-state index contributed by atoms with van der Waals surface area (Å²) in [5, 5.41) is 12.6. The van der Waals surface area contributed by atoms with Gasteiger partial charge in [0.25, 0.3) is 0 Å². The fourth-order valence-electron chi connectivity index (χ4n) is 4.76. The lowest BCUT2D eigenvalue weighted by Crippen LogP contribution is -2.38. The summed E-state index contributed by atoms with van der Waals surface area (Å²) in [6.07, 6.45) is 13.2. The second kappa shape index (κ2) is 10.3. The third kappa shape index (κ3) is 5.08. The van der Waals surface area contributed by atoms with Gasteiger partial charge in [0.1, 0.15) is 5.82 Å². The van der Waals surface area contributed by atoms with Crippen molar-refractivity contribution in [1.82, 2.24) is 0 Å². The summed E-state index contributed by atoms with van der Waals surface area (Å²) in [5.74, 6) is -0.137. The van der Waals surface area contributed by atoms with Crippen LogP contribution in [0, 0.1) is 5.82 Å². The quantitative estimate of drug-likeness (QED) is 0.500. The fraction of sp³-hybridized carbons (Fsp3) is 0.667. The summed E-state index contributed by atoms with van der Waals surface area (Å²) in [7, 11) is 0. The minimum absolute atomic E-state index is 0.137. The van der Waals surface area contributed by atoms with Gasteiger partial charge in [-0.2, -0.15) is 0 Å². The van der Waals surface area contributed by atoms with E-state index in [0.29, 0.717) is 17.8 Å². The number of unbranched alkanes of at least 4 members (excludes halogenated alkanes) is 1. The van der Waals surface area contributed by atoms with Crippen molar-refractivity contribution in [1.29, 1.82) is 0 Å². The molecule has 1 aromatic rings. The number of aliphatic hydroxyl groups excluding tert-OH is 1. The summed E-state index contributed by atoms with van der Waals surface area (Å²) in [4.78, 5) is 2.48. The molecule has 0 amide bonds. The molecule has 0 spiro atoms. The first-order valence-corrected chi connectivity index (χ1v) is 11.3. The molecule has 1 aliphatic carbocycles. The Bertz CT molecular complexity index is 663. The van der Waals surface area contributed by atoms with Crippen molar-refractivity contribution < 1.29 is 9.50 Å². The third-order valence-corrected chi connectivity index (χ3v) is 6.41. The van der Waals surface area contributed by atoms with Crippen molar-refractivity contribution in [3.63, 3.8) is 0 Å². The van der Waals surface area contributed by atoms with E-state index in [0.717, 1.165) is 57.1 Å². The van der Waals surface area contributed by atoms with E-state index in [4.69, 9.17) is 5.11 Å². The van der Waals surface area contributed by atoms with Gasteiger partial charge >= 0.3 is 0 Å². The summed E-state index contributed by atoms with van der Waals surface area (Å²) in [5.41, 5.74) is 4.18. The van der Waals surface area contributed by atoms with Crippen molar-refractivity contribution >= 4 is 17.5 Å². The van der Waals surface area contributed by atoms with Gasteiger partial charge in [0.05, 0.1) is 5.69 Å². The molecule has 2 aliphatic rings. The molecule has 28 heavy (non-hydrogen) atoms. The van der Waals surface area contributed by atoms with Crippen molar-refractivity contribution in [2.75, 3.05) is 23.4 Å². The van der Waals surface area contributed by atoms with Crippen LogP contribution >= 0.6 is 0 Å². The predicted octanol–water partition coefficient (Wildman–Crippen LogP) is 6.12. The predicted molar refractivity (Wildman–Crippen MR) is 118 cm³/mol. The molecular formula is C24H37FN2O. The molecule has 156 valence electrons. The molecule has 3 rings (SSSR count). The Morgan fingerprint density at radius 2 is 1.89 bits per heavy atom. The highest BCUT2D eigenvalue weighted by Gasteiger charge is 2.25. The van der Waals surface area contributed by atoms with Gasteiger partial charge < -0.3 is 15.3 Å². The second-order valence-corrected chi connectivity index (χ2v) is 8.45. The minimum atomic E-state index is -0.137. The lowest BCUT2D eigenvalue weighted by molar-refractivity contribution is 0.284. The van der Waals surface area contributed by atoms with Crippen LogP contribution in [0.4, 0.5) is 15.8 Å². The van der Waals surface area contributed by atoms with Crippen LogP contribution in [0.1, 0.15) is 83.6 Å². The van der Waals surface area contributed by atoms with Crippen molar-refractivity contribution in [3.05, 3.63) is 29.1 Å². The van der Waals surface area contributed by atoms with Crippen molar-refractivity contribution in [2.24, 2.45) is 0 Å². The first-order valence-electron chi connectivity index (χ1n) is 11.3. The summed E-state index contributed by atoms with van der Waals surface area (Å²) >= 11 is 0. The molecule has 3 nitrogen and oxygen atoms in total. The number of nitrogens with one attached hydrogen (secondary N) is 1. The highest BCUT2D eigenvalue weighted by molar-refractivity contribution is 5.77. The van der Waals surface area contributed by atoms with Gasteiger partial charge in [-0.3, -0.25) is 0 Å². The topological polar surface area (TPSA) is 35.5 Å². The van der Waals surface area contributed by atoms with Gasteiger partial charge in [-0.25, -0.2) is 4.39 Å². The summed E-state index contributed by atoms with van der Waals surface area (Å²) in [6.45, 7) is 5.63. The highest BCUT2D eigenvalue weighted by atomic mass is 19.1. The Hall–Kier alpha value is -1.55. The van der Waals surface area contributed by atoms with E-state index in [2.05, 4.69) is 36.2 Å². The molecule has 0 atom stereocenters. The minimum Gasteiger partial charge on any atom is -0.396 e. The Kier molecular flexibility index (Phi) is 7.78. The summed E-state index contributed by atoms with van der Waals surface area (Å²) < 4.78 is 14.9. The number of rotatable bonds is 9. The lowest BCUT2D eigenvalue weighted by atomic mass is 9.94. The summed E-state index contributed by atoms with van der Waals surface area (Å²) in [6, 6.07) is 4.64. The van der Waals surface area contributed by atoms with Gasteiger partial charge in [-0.1, -0.05) is 44.8 Å². The highest BCUT2D eigenvalue weighted by Crippen LogP contribution is 2.37. The zero-order chi connectivity index (χ0) is 19.9.